The summed E-state index contributed by atoms with van der Waals surface area (Å²) >= 11 is 0. The molecule has 0 radical (unpaired) electrons. The number of allylic oxidation sites excluding steroid dienone is 1. The normalized spacial score (nSPS) is 13.3. The van der Waals surface area contributed by atoms with Crippen LogP contribution in [0.2, 0.25) is 0 Å². The van der Waals surface area contributed by atoms with Gasteiger partial charge in [-0.2, -0.15) is 0 Å². The van der Waals surface area contributed by atoms with Gasteiger partial charge in [-0.1, -0.05) is 12.7 Å². The van der Waals surface area contributed by atoms with Crippen LogP contribution in [0.15, 0.2) is 26.7 Å². The second-order valence-electron chi connectivity index (χ2n) is 2.31. The molecule has 0 aromatic carbocycles. The summed E-state index contributed by atoms with van der Waals surface area (Å²) in [6.07, 6.45) is 4.49. The molecule has 0 fully saturated rings. The first kappa shape index (κ1) is 9.25. The van der Waals surface area contributed by atoms with Crippen molar-refractivity contribution in [3.63, 3.8) is 0 Å². The van der Waals surface area contributed by atoms with E-state index in [-0.39, 0.29) is 5.42 Å². The number of rotatable bonds is 1. The summed E-state index contributed by atoms with van der Waals surface area (Å²) in [6.45, 7) is 5.13. The Morgan fingerprint density at radius 1 is 1.46 bits per heavy atom. The highest BCUT2D eigenvalue weighted by molar-refractivity contribution is 5.34. The topological polar surface area (TPSA) is 63.1 Å². The van der Waals surface area contributed by atoms with E-state index >= 15 is 0 Å². The fourth-order valence-corrected chi connectivity index (χ4v) is 0.942. The van der Waals surface area contributed by atoms with E-state index in [1.54, 1.807) is 13.0 Å². The minimum atomic E-state index is -0.751. The molecule has 0 spiro atoms. The zero-order chi connectivity index (χ0) is 9.84. The minimum Gasteiger partial charge on any atom is -0.410 e. The number of hydrogen-bond donors (Lipinski definition) is 1. The third-order valence-corrected chi connectivity index (χ3v) is 1.48. The van der Waals surface area contributed by atoms with Crippen LogP contribution in [0, 0.1) is 0 Å². The molecule has 13 heavy (non-hydrogen) atoms. The molecule has 0 unspecified atom stereocenters. The highest BCUT2D eigenvalue weighted by Gasteiger charge is 1.94. The number of aromatic amines is 1. The Morgan fingerprint density at radius 3 is 2.69 bits per heavy atom. The van der Waals surface area contributed by atoms with Gasteiger partial charge in [-0.25, -0.2) is 4.79 Å². The minimum absolute atomic E-state index is 0.258. The van der Waals surface area contributed by atoms with E-state index in [0.717, 1.165) is 0 Å². The van der Waals surface area contributed by atoms with E-state index in [2.05, 4.69) is 6.58 Å². The van der Waals surface area contributed by atoms with Gasteiger partial charge >= 0.3 is 5.76 Å². The molecule has 0 aliphatic heterocycles. The zero-order valence-corrected chi connectivity index (χ0v) is 7.16. The largest absolute Gasteiger partial charge is 0.419 e. The lowest BCUT2D eigenvalue weighted by Crippen LogP contribution is -2.44. The van der Waals surface area contributed by atoms with Gasteiger partial charge in [0, 0.05) is 0 Å². The molecule has 4 heteroatoms. The maximum absolute atomic E-state index is 11.2. The van der Waals surface area contributed by atoms with Crippen molar-refractivity contribution >= 4 is 12.2 Å². The number of hydrogen-bond acceptors (Lipinski definition) is 3. The Balaban J connectivity index is 3.91. The van der Waals surface area contributed by atoms with Gasteiger partial charge in [0.05, 0.1) is 5.22 Å². The summed E-state index contributed by atoms with van der Waals surface area (Å²) in [5, 5.41) is 0.303. The number of aromatic nitrogens is 1. The first-order valence-corrected chi connectivity index (χ1v) is 3.71. The molecule has 0 saturated carbocycles. The van der Waals surface area contributed by atoms with Crippen molar-refractivity contribution in [3.8, 4) is 0 Å². The average Bonchev–Trinajstić information content (AvgIpc) is 2.09. The number of H-pyrrole nitrogens is 1. The van der Waals surface area contributed by atoms with Gasteiger partial charge in [-0.15, -0.1) is 0 Å². The second-order valence-corrected chi connectivity index (χ2v) is 2.31. The van der Waals surface area contributed by atoms with Crippen molar-refractivity contribution in [1.29, 1.82) is 0 Å². The van der Waals surface area contributed by atoms with Gasteiger partial charge < -0.3 is 4.42 Å². The highest BCUT2D eigenvalue weighted by atomic mass is 16.4. The molecule has 0 amide bonds. The summed E-state index contributed by atoms with van der Waals surface area (Å²) in [6, 6.07) is 0. The van der Waals surface area contributed by atoms with E-state index < -0.39 is 11.3 Å². The smallest absolute Gasteiger partial charge is 0.410 e. The van der Waals surface area contributed by atoms with Gasteiger partial charge in [0.15, 0.2) is 0 Å². The molecule has 68 valence electrons. The van der Waals surface area contributed by atoms with Crippen LogP contribution in [0.4, 0.5) is 0 Å². The summed E-state index contributed by atoms with van der Waals surface area (Å²) < 4.78 is 4.75. The van der Waals surface area contributed by atoms with Crippen molar-refractivity contribution < 1.29 is 4.42 Å². The van der Waals surface area contributed by atoms with Crippen LogP contribution >= 0.6 is 0 Å². The van der Waals surface area contributed by atoms with Gasteiger partial charge in [-0.3, -0.25) is 9.78 Å². The molecule has 0 aliphatic carbocycles. The van der Waals surface area contributed by atoms with Crippen LogP contribution < -0.4 is 21.9 Å². The van der Waals surface area contributed by atoms with Crippen LogP contribution in [0.3, 0.4) is 0 Å². The second kappa shape index (κ2) is 3.71. The Labute approximate surface area is 73.5 Å². The molecule has 1 aromatic rings. The SMILES string of the molecule is C=C/C=c1/c(=O)[nH]c(=O)o/c1=C/C. The van der Waals surface area contributed by atoms with Crippen molar-refractivity contribution in [2.45, 2.75) is 6.92 Å². The molecule has 0 bridgehead atoms. The summed E-state index contributed by atoms with van der Waals surface area (Å²) in [5.74, 6) is -0.751. The Hall–Kier alpha value is -1.84. The molecule has 1 aromatic heterocycles. The molecule has 0 atom stereocenters. The van der Waals surface area contributed by atoms with Gasteiger partial charge in [-0.05, 0) is 19.1 Å². The predicted molar refractivity (Wildman–Crippen MR) is 49.6 cm³/mol. The molecule has 0 saturated heterocycles. The average molecular weight is 179 g/mol. The van der Waals surface area contributed by atoms with Crippen LogP contribution in [-0.4, -0.2) is 4.98 Å². The summed E-state index contributed by atoms with van der Waals surface area (Å²) in [4.78, 5) is 24.0. The lowest BCUT2D eigenvalue weighted by Gasteiger charge is -1.85. The molecule has 1 rings (SSSR count). The van der Waals surface area contributed by atoms with Crippen molar-refractivity contribution in [2.75, 3.05) is 0 Å². The fourth-order valence-electron chi connectivity index (χ4n) is 0.942. The van der Waals surface area contributed by atoms with Crippen molar-refractivity contribution in [2.24, 2.45) is 0 Å². The standard InChI is InChI=1S/C9H9NO3/c1-3-5-6-7(4-2)13-9(12)10-8(6)11/h3-5H,1H2,2H3,(H,10,11,12)/b6-5+,7-4+. The first-order valence-electron chi connectivity index (χ1n) is 3.71. The monoisotopic (exact) mass is 179 g/mol. The molecular weight excluding hydrogens is 170 g/mol. The Morgan fingerprint density at radius 2 is 2.15 bits per heavy atom. The summed E-state index contributed by atoms with van der Waals surface area (Å²) in [5.41, 5.74) is -0.210. The van der Waals surface area contributed by atoms with E-state index in [1.165, 1.54) is 12.2 Å². The first-order chi connectivity index (χ1) is 6.19. The van der Waals surface area contributed by atoms with E-state index in [1.807, 2.05) is 4.98 Å². The van der Waals surface area contributed by atoms with E-state index in [4.69, 9.17) is 4.42 Å². The van der Waals surface area contributed by atoms with E-state index in [9.17, 15) is 9.59 Å². The highest BCUT2D eigenvalue weighted by Crippen LogP contribution is 1.60. The zero-order valence-electron chi connectivity index (χ0n) is 7.16. The summed E-state index contributed by atoms with van der Waals surface area (Å²) in [7, 11) is 0. The fraction of sp³-hybridized carbons (Fsp3) is 0.111. The molecule has 1 heterocycles. The molecule has 1 N–H and O–H groups in total. The quantitative estimate of drug-likeness (QED) is 0.607. The number of nitrogens with one attached hydrogen (secondary N) is 1. The maximum atomic E-state index is 11.2. The lowest BCUT2D eigenvalue weighted by molar-refractivity contribution is 0.443. The van der Waals surface area contributed by atoms with Crippen LogP contribution in [0.25, 0.3) is 12.2 Å². The van der Waals surface area contributed by atoms with E-state index in [0.29, 0.717) is 5.22 Å². The third-order valence-electron chi connectivity index (χ3n) is 1.48. The molecule has 4 nitrogen and oxygen atoms in total. The van der Waals surface area contributed by atoms with Gasteiger partial charge in [0.25, 0.3) is 5.56 Å². The van der Waals surface area contributed by atoms with Crippen LogP contribution in [-0.2, 0) is 0 Å². The van der Waals surface area contributed by atoms with Gasteiger partial charge in [0.2, 0.25) is 0 Å². The molecule has 0 aliphatic rings. The van der Waals surface area contributed by atoms with Crippen molar-refractivity contribution in [3.05, 3.63) is 44.2 Å². The Kier molecular flexibility index (Phi) is 2.64. The lowest BCUT2D eigenvalue weighted by atomic mass is 10.3. The third kappa shape index (κ3) is 1.84. The van der Waals surface area contributed by atoms with Gasteiger partial charge in [0.1, 0.15) is 5.42 Å². The Bertz CT molecular complexity index is 533. The predicted octanol–water partition coefficient (Wildman–Crippen LogP) is -0.905. The van der Waals surface area contributed by atoms with Crippen molar-refractivity contribution in [1.82, 2.24) is 4.98 Å². The van der Waals surface area contributed by atoms with Crippen LogP contribution in [0.5, 0.6) is 0 Å². The van der Waals surface area contributed by atoms with Crippen LogP contribution in [0.1, 0.15) is 6.92 Å². The maximum Gasteiger partial charge on any atom is 0.419 e. The molecular formula is C9H9NO3.